The quantitative estimate of drug-likeness (QED) is 0.645. The lowest BCUT2D eigenvalue weighted by Gasteiger charge is -2.12. The summed E-state index contributed by atoms with van der Waals surface area (Å²) in [5.74, 6) is 1.21. The fraction of sp³-hybridized carbons (Fsp3) is 0.118. The average molecular weight is 360 g/mol. The van der Waals surface area contributed by atoms with E-state index >= 15 is 0 Å². The number of anilines is 2. The minimum absolute atomic E-state index is 0.317. The minimum atomic E-state index is -0.317. The number of hydrogen-bond acceptors (Lipinski definition) is 6. The standard InChI is InChI=1S/C17H15ClFN5O/c1-20-15-16(18)23-10-24-17(15)22-9-11-6-7-21-14(8-11)25-13-4-2-12(19)3-5-13/h2-8,10,20H,9H2,1H3,(H,22,23,24). The van der Waals surface area contributed by atoms with Crippen LogP contribution in [0.4, 0.5) is 15.9 Å². The van der Waals surface area contributed by atoms with Crippen molar-refractivity contribution in [2.45, 2.75) is 6.54 Å². The lowest BCUT2D eigenvalue weighted by molar-refractivity contribution is 0.460. The Morgan fingerprint density at radius 2 is 1.92 bits per heavy atom. The largest absolute Gasteiger partial charge is 0.439 e. The molecular formula is C17H15ClFN5O. The second-order valence-electron chi connectivity index (χ2n) is 5.05. The fourth-order valence-corrected chi connectivity index (χ4v) is 2.37. The SMILES string of the molecule is CNc1c(Cl)ncnc1NCc1ccnc(Oc2ccc(F)cc2)c1. The van der Waals surface area contributed by atoms with Crippen LogP contribution in [-0.2, 0) is 6.54 Å². The summed E-state index contributed by atoms with van der Waals surface area (Å²) < 4.78 is 18.6. The first-order valence-corrected chi connectivity index (χ1v) is 7.84. The number of hydrogen-bond donors (Lipinski definition) is 2. The van der Waals surface area contributed by atoms with Gasteiger partial charge in [-0.2, -0.15) is 0 Å². The van der Waals surface area contributed by atoms with Crippen LogP contribution >= 0.6 is 11.6 Å². The van der Waals surface area contributed by atoms with Crippen LogP contribution in [0.25, 0.3) is 0 Å². The maximum atomic E-state index is 12.9. The van der Waals surface area contributed by atoms with E-state index in [2.05, 4.69) is 25.6 Å². The molecule has 0 aliphatic carbocycles. The molecule has 3 rings (SSSR count). The first kappa shape index (κ1) is 16.9. The molecule has 0 saturated carbocycles. The van der Waals surface area contributed by atoms with Crippen molar-refractivity contribution in [3.05, 3.63) is 65.5 Å². The number of pyridine rings is 1. The van der Waals surface area contributed by atoms with E-state index in [1.165, 1.54) is 18.5 Å². The average Bonchev–Trinajstić information content (AvgIpc) is 2.62. The number of ether oxygens (including phenoxy) is 1. The van der Waals surface area contributed by atoms with Gasteiger partial charge in [-0.3, -0.25) is 0 Å². The molecule has 0 atom stereocenters. The molecule has 6 nitrogen and oxygen atoms in total. The summed E-state index contributed by atoms with van der Waals surface area (Å²) in [6.07, 6.45) is 3.03. The number of halogens is 2. The van der Waals surface area contributed by atoms with Gasteiger partial charge in [0.2, 0.25) is 5.88 Å². The van der Waals surface area contributed by atoms with E-state index in [1.54, 1.807) is 31.4 Å². The van der Waals surface area contributed by atoms with Crippen LogP contribution in [0.15, 0.2) is 48.9 Å². The van der Waals surface area contributed by atoms with Gasteiger partial charge in [0.1, 0.15) is 23.6 Å². The summed E-state index contributed by atoms with van der Waals surface area (Å²) in [5, 5.41) is 6.49. The molecular weight excluding hydrogens is 345 g/mol. The molecule has 0 spiro atoms. The summed E-state index contributed by atoms with van der Waals surface area (Å²) in [5.41, 5.74) is 1.56. The molecule has 0 aliphatic heterocycles. The molecule has 25 heavy (non-hydrogen) atoms. The van der Waals surface area contributed by atoms with Crippen LogP contribution in [-0.4, -0.2) is 22.0 Å². The summed E-state index contributed by atoms with van der Waals surface area (Å²) in [7, 11) is 1.75. The van der Waals surface area contributed by atoms with E-state index in [0.29, 0.717) is 34.8 Å². The van der Waals surface area contributed by atoms with E-state index < -0.39 is 0 Å². The highest BCUT2D eigenvalue weighted by molar-refractivity contribution is 6.32. The fourth-order valence-electron chi connectivity index (χ4n) is 2.15. The zero-order valence-corrected chi connectivity index (χ0v) is 14.1. The number of rotatable bonds is 6. The molecule has 1 aromatic carbocycles. The van der Waals surface area contributed by atoms with Gasteiger partial charge in [0, 0.05) is 25.9 Å². The molecule has 2 heterocycles. The number of benzene rings is 1. The van der Waals surface area contributed by atoms with Crippen molar-refractivity contribution in [3.63, 3.8) is 0 Å². The van der Waals surface area contributed by atoms with Gasteiger partial charge in [-0.15, -0.1) is 0 Å². The first-order chi connectivity index (χ1) is 12.2. The van der Waals surface area contributed by atoms with Crippen LogP contribution in [0.5, 0.6) is 11.6 Å². The summed E-state index contributed by atoms with van der Waals surface area (Å²) >= 11 is 6.03. The topological polar surface area (TPSA) is 72.0 Å². The maximum absolute atomic E-state index is 12.9. The van der Waals surface area contributed by atoms with Gasteiger partial charge in [0.15, 0.2) is 11.0 Å². The zero-order valence-electron chi connectivity index (χ0n) is 13.3. The molecule has 0 saturated heterocycles. The van der Waals surface area contributed by atoms with Gasteiger partial charge in [-0.25, -0.2) is 19.3 Å². The predicted molar refractivity (Wildman–Crippen MR) is 94.6 cm³/mol. The molecule has 0 radical (unpaired) electrons. The van der Waals surface area contributed by atoms with Crippen molar-refractivity contribution >= 4 is 23.1 Å². The highest BCUT2D eigenvalue weighted by Crippen LogP contribution is 2.26. The van der Waals surface area contributed by atoms with Crippen LogP contribution in [0.2, 0.25) is 5.15 Å². The normalized spacial score (nSPS) is 10.4. The van der Waals surface area contributed by atoms with E-state index in [9.17, 15) is 4.39 Å². The van der Waals surface area contributed by atoms with Gasteiger partial charge in [0.05, 0.1) is 0 Å². The zero-order chi connectivity index (χ0) is 17.6. The molecule has 2 aromatic heterocycles. The molecule has 0 aliphatic rings. The third-order valence-electron chi connectivity index (χ3n) is 3.35. The predicted octanol–water partition coefficient (Wildman–Crippen LogP) is 4.11. The van der Waals surface area contributed by atoms with Gasteiger partial charge in [-0.1, -0.05) is 11.6 Å². The Morgan fingerprint density at radius 1 is 1.12 bits per heavy atom. The monoisotopic (exact) mass is 359 g/mol. The minimum Gasteiger partial charge on any atom is -0.439 e. The van der Waals surface area contributed by atoms with Crippen molar-refractivity contribution < 1.29 is 9.13 Å². The lowest BCUT2D eigenvalue weighted by atomic mass is 10.2. The summed E-state index contributed by atoms with van der Waals surface area (Å²) in [4.78, 5) is 12.3. The Balaban J connectivity index is 1.70. The van der Waals surface area contributed by atoms with Crippen LogP contribution in [0.1, 0.15) is 5.56 Å². The second-order valence-corrected chi connectivity index (χ2v) is 5.41. The van der Waals surface area contributed by atoms with Crippen molar-refractivity contribution in [3.8, 4) is 11.6 Å². The molecule has 2 N–H and O–H groups in total. The Morgan fingerprint density at radius 3 is 2.68 bits per heavy atom. The molecule has 0 amide bonds. The third kappa shape index (κ3) is 4.33. The van der Waals surface area contributed by atoms with Gasteiger partial charge in [0.25, 0.3) is 0 Å². The lowest BCUT2D eigenvalue weighted by Crippen LogP contribution is -2.06. The van der Waals surface area contributed by atoms with Crippen LogP contribution < -0.4 is 15.4 Å². The highest BCUT2D eigenvalue weighted by atomic mass is 35.5. The smallest absolute Gasteiger partial charge is 0.219 e. The Kier molecular flexibility index (Phi) is 5.25. The summed E-state index contributed by atoms with van der Waals surface area (Å²) in [6, 6.07) is 9.40. The van der Waals surface area contributed by atoms with E-state index in [0.717, 1.165) is 5.56 Å². The molecule has 0 unspecified atom stereocenters. The van der Waals surface area contributed by atoms with Crippen molar-refractivity contribution in [2.24, 2.45) is 0 Å². The van der Waals surface area contributed by atoms with Gasteiger partial charge >= 0.3 is 0 Å². The Hall–Kier alpha value is -2.93. The number of nitrogens with one attached hydrogen (secondary N) is 2. The first-order valence-electron chi connectivity index (χ1n) is 7.46. The Labute approximate surface area is 149 Å². The van der Waals surface area contributed by atoms with E-state index in [4.69, 9.17) is 16.3 Å². The van der Waals surface area contributed by atoms with Crippen molar-refractivity contribution in [1.29, 1.82) is 0 Å². The van der Waals surface area contributed by atoms with Gasteiger partial charge < -0.3 is 15.4 Å². The van der Waals surface area contributed by atoms with Crippen LogP contribution in [0.3, 0.4) is 0 Å². The second kappa shape index (κ2) is 7.76. The highest BCUT2D eigenvalue weighted by Gasteiger charge is 2.08. The third-order valence-corrected chi connectivity index (χ3v) is 3.63. The maximum Gasteiger partial charge on any atom is 0.219 e. The van der Waals surface area contributed by atoms with Crippen molar-refractivity contribution in [1.82, 2.24) is 15.0 Å². The van der Waals surface area contributed by atoms with Gasteiger partial charge in [-0.05, 0) is 35.9 Å². The van der Waals surface area contributed by atoms with Crippen molar-refractivity contribution in [2.75, 3.05) is 17.7 Å². The van der Waals surface area contributed by atoms with E-state index in [-0.39, 0.29) is 5.82 Å². The molecule has 3 aromatic rings. The molecule has 0 bridgehead atoms. The van der Waals surface area contributed by atoms with E-state index in [1.807, 2.05) is 6.07 Å². The summed E-state index contributed by atoms with van der Waals surface area (Å²) in [6.45, 7) is 0.490. The molecule has 0 fully saturated rings. The van der Waals surface area contributed by atoms with Crippen LogP contribution in [0, 0.1) is 5.82 Å². The number of aromatic nitrogens is 3. The molecule has 8 heteroatoms. The number of nitrogens with zero attached hydrogens (tertiary/aromatic N) is 3. The molecule has 128 valence electrons. The Bertz CT molecular complexity index is 860.